The summed E-state index contributed by atoms with van der Waals surface area (Å²) in [4.78, 5) is 57.8. The number of hydrogen-bond acceptors (Lipinski definition) is 11. The Labute approximate surface area is 319 Å². The number of allylic oxidation sites excluding steroid dienone is 1. The highest BCUT2D eigenvalue weighted by Gasteiger charge is 2.63. The number of benzene rings is 1. The number of carbonyl (C=O) groups excluding carboxylic acids is 3. The molecule has 3 fully saturated rings. The number of nitrogens with one attached hydrogen (secondary N) is 2. The lowest BCUT2D eigenvalue weighted by Crippen LogP contribution is -2.61. The Bertz CT molecular complexity index is 2180. The number of hydrogen-bond donors (Lipinski definition) is 2. The highest BCUT2D eigenvalue weighted by Crippen LogP contribution is 2.47. The molecule has 19 heteroatoms. The first kappa shape index (κ1) is 38.7. The second kappa shape index (κ2) is 14.2. The number of carbonyl (C=O) groups is 3. The Morgan fingerprint density at radius 1 is 1.13 bits per heavy atom. The Morgan fingerprint density at radius 2 is 1.89 bits per heavy atom. The van der Waals surface area contributed by atoms with Crippen LogP contribution < -0.4 is 19.5 Å². The molecule has 0 bridgehead atoms. The van der Waals surface area contributed by atoms with Crippen molar-refractivity contribution in [2.24, 2.45) is 5.92 Å². The van der Waals surface area contributed by atoms with Crippen LogP contribution in [0.1, 0.15) is 69.5 Å². The van der Waals surface area contributed by atoms with E-state index in [1.54, 1.807) is 37.9 Å². The molecule has 1 saturated heterocycles. The minimum absolute atomic E-state index is 0.0363. The lowest BCUT2D eigenvalue weighted by atomic mass is 9.97. The molecule has 4 heterocycles. The van der Waals surface area contributed by atoms with Crippen molar-refractivity contribution in [3.8, 4) is 22.5 Å². The van der Waals surface area contributed by atoms with E-state index in [9.17, 15) is 36.0 Å². The predicted octanol–water partition coefficient (Wildman–Crippen LogP) is 4.97. The van der Waals surface area contributed by atoms with Gasteiger partial charge in [0.05, 0.1) is 22.8 Å². The summed E-state index contributed by atoms with van der Waals surface area (Å²) in [6.45, 7) is 3.85. The molecule has 0 spiro atoms. The van der Waals surface area contributed by atoms with Gasteiger partial charge in [0.2, 0.25) is 21.8 Å². The number of piperidine rings is 1. The Hall–Kier alpha value is -4.52. The maximum atomic E-state index is 14.4. The summed E-state index contributed by atoms with van der Waals surface area (Å²) >= 11 is 0.732. The first-order chi connectivity index (χ1) is 26.0. The minimum atomic E-state index is -4.67. The highest BCUT2D eigenvalue weighted by molar-refractivity contribution is 7.91. The summed E-state index contributed by atoms with van der Waals surface area (Å²) in [5.74, 6) is -1.50. The van der Waals surface area contributed by atoms with E-state index in [0.29, 0.717) is 54.4 Å². The molecule has 0 radical (unpaired) electrons. The zero-order valence-corrected chi connectivity index (χ0v) is 32.4. The van der Waals surface area contributed by atoms with Gasteiger partial charge in [-0.3, -0.25) is 14.3 Å². The molecule has 3 aromatic rings. The van der Waals surface area contributed by atoms with Crippen LogP contribution in [0.3, 0.4) is 0 Å². The SMILES string of the molecule is COc1ccc2c(O[C@H]3CCN4C(=O)N(C)CCCC/C=C/[C@H]5C[C@]5(C(=O)NS(=O)(=O)C5(C)CC5)NC(=O)[C@@H]4C3)nc(-c3nc(C(F)(F)F)cs3)nc2c1C. The lowest BCUT2D eigenvalue weighted by molar-refractivity contribution is -0.140. The number of urea groups is 1. The molecule has 7 rings (SSSR count). The standard InChI is InChI=1S/C36H42F3N7O7S2/c1-20-25(52-4)11-10-23-27(20)41-28(31-40-26(19-54-31)36(37,38)39)42-30(23)53-22-12-16-46-24(17-22)29(47)43-35(32(48)44-55(50,51)34(2)13-14-34)18-21(35)9-7-5-6-8-15-45(3)33(46)49/h7,9-11,19,21-22,24H,5-6,8,12-18H2,1-4H3,(H,43,47)(H,44,48)/b9-7+/t21-,22-,24-,35-/m0/s1. The number of sulfonamides is 1. The van der Waals surface area contributed by atoms with Crippen molar-refractivity contribution in [3.05, 3.63) is 40.9 Å². The van der Waals surface area contributed by atoms with Crippen molar-refractivity contribution in [2.75, 3.05) is 27.2 Å². The van der Waals surface area contributed by atoms with Gasteiger partial charge in [-0.05, 0) is 64.5 Å². The van der Waals surface area contributed by atoms with Crippen molar-refractivity contribution in [1.29, 1.82) is 0 Å². The molecule has 14 nitrogen and oxygen atoms in total. The number of nitrogens with zero attached hydrogens (tertiary/aromatic N) is 5. The summed E-state index contributed by atoms with van der Waals surface area (Å²) in [7, 11) is -0.871. The molecular weight excluding hydrogens is 764 g/mol. The van der Waals surface area contributed by atoms with E-state index >= 15 is 0 Å². The number of thiazole rings is 1. The number of rotatable bonds is 7. The third kappa shape index (κ3) is 7.44. The number of amides is 4. The number of methoxy groups -OCH3 is 1. The quantitative estimate of drug-likeness (QED) is 0.311. The zero-order valence-electron chi connectivity index (χ0n) is 30.7. The van der Waals surface area contributed by atoms with Crippen molar-refractivity contribution >= 4 is 50.1 Å². The van der Waals surface area contributed by atoms with E-state index in [0.717, 1.165) is 23.1 Å². The fraction of sp³-hybridized carbons (Fsp3) is 0.556. The second-order valence-corrected chi connectivity index (χ2v) is 18.0. The van der Waals surface area contributed by atoms with Crippen molar-refractivity contribution in [1.82, 2.24) is 34.8 Å². The number of ether oxygens (including phenoxy) is 2. The maximum Gasteiger partial charge on any atom is 0.434 e. The normalized spacial score (nSPS) is 26.3. The maximum absolute atomic E-state index is 14.4. The lowest BCUT2D eigenvalue weighted by Gasteiger charge is -2.40. The molecule has 2 aromatic heterocycles. The predicted molar refractivity (Wildman–Crippen MR) is 196 cm³/mol. The largest absolute Gasteiger partial charge is 0.496 e. The van der Waals surface area contributed by atoms with E-state index in [2.05, 4.69) is 25.0 Å². The first-order valence-electron chi connectivity index (χ1n) is 18.1. The van der Waals surface area contributed by atoms with Gasteiger partial charge in [0.25, 0.3) is 5.91 Å². The van der Waals surface area contributed by atoms with Crippen molar-refractivity contribution in [3.63, 3.8) is 0 Å². The van der Waals surface area contributed by atoms with E-state index in [4.69, 9.17) is 9.47 Å². The monoisotopic (exact) mass is 805 g/mol. The molecule has 2 saturated carbocycles. The average molecular weight is 806 g/mol. The Kier molecular flexibility index (Phi) is 10.0. The van der Waals surface area contributed by atoms with E-state index < -0.39 is 62.1 Å². The average Bonchev–Trinajstić information content (AvgIpc) is 3.99. The number of halogens is 3. The number of fused-ring (bicyclic) bond motifs is 3. The molecule has 2 aliphatic heterocycles. The van der Waals surface area contributed by atoms with Crippen LogP contribution in [0.5, 0.6) is 11.6 Å². The zero-order chi connectivity index (χ0) is 39.5. The first-order valence-corrected chi connectivity index (χ1v) is 20.4. The molecule has 296 valence electrons. The summed E-state index contributed by atoms with van der Waals surface area (Å²) in [6.07, 6.45) is 1.76. The van der Waals surface area contributed by atoms with Crippen LogP contribution in [-0.4, -0.2) is 101 Å². The van der Waals surface area contributed by atoms with Crippen molar-refractivity contribution < 1.29 is 45.4 Å². The van der Waals surface area contributed by atoms with E-state index in [1.807, 2.05) is 12.2 Å². The fourth-order valence-corrected chi connectivity index (χ4v) is 9.20. The Morgan fingerprint density at radius 3 is 2.58 bits per heavy atom. The summed E-state index contributed by atoms with van der Waals surface area (Å²) in [5.41, 5.74) is -1.67. The molecule has 2 N–H and O–H groups in total. The van der Waals surface area contributed by atoms with Crippen LogP contribution in [0.4, 0.5) is 18.0 Å². The topological polar surface area (TPSA) is 173 Å². The van der Waals surface area contributed by atoms with Gasteiger partial charge >= 0.3 is 12.2 Å². The molecule has 4 amide bonds. The van der Waals surface area contributed by atoms with Gasteiger partial charge in [-0.25, -0.2) is 23.2 Å². The molecule has 2 aliphatic carbocycles. The molecule has 1 aromatic carbocycles. The van der Waals surface area contributed by atoms with Gasteiger partial charge in [-0.2, -0.15) is 18.2 Å². The smallest absolute Gasteiger partial charge is 0.434 e. The van der Waals surface area contributed by atoms with Gasteiger partial charge in [-0.15, -0.1) is 11.3 Å². The van der Waals surface area contributed by atoms with Gasteiger partial charge < -0.3 is 24.6 Å². The minimum Gasteiger partial charge on any atom is -0.496 e. The van der Waals surface area contributed by atoms with Crippen LogP contribution in [0.15, 0.2) is 29.7 Å². The van der Waals surface area contributed by atoms with Gasteiger partial charge in [0.1, 0.15) is 23.4 Å². The summed E-state index contributed by atoms with van der Waals surface area (Å²) in [6, 6.07) is 1.84. The molecule has 55 heavy (non-hydrogen) atoms. The third-order valence-electron chi connectivity index (χ3n) is 11.0. The Balaban J connectivity index is 1.21. The molecule has 0 unspecified atom stereocenters. The van der Waals surface area contributed by atoms with Crippen molar-refractivity contribution in [2.45, 2.75) is 93.8 Å². The number of alkyl halides is 3. The fourth-order valence-electron chi connectivity index (χ4n) is 7.13. The third-order valence-corrected chi connectivity index (χ3v) is 14.0. The molecular formula is C36H42F3N7O7S2. The molecule has 4 atom stereocenters. The van der Waals surface area contributed by atoms with Gasteiger partial charge in [0, 0.05) is 49.8 Å². The van der Waals surface area contributed by atoms with E-state index in [1.165, 1.54) is 12.0 Å². The number of aromatic nitrogens is 3. The van der Waals surface area contributed by atoms with Crippen LogP contribution in [0.25, 0.3) is 21.7 Å². The van der Waals surface area contributed by atoms with Crippen LogP contribution in [0.2, 0.25) is 0 Å². The molecule has 4 aliphatic rings. The van der Waals surface area contributed by atoms with Crippen LogP contribution >= 0.6 is 11.3 Å². The van der Waals surface area contributed by atoms with Crippen LogP contribution in [0, 0.1) is 12.8 Å². The summed E-state index contributed by atoms with van der Waals surface area (Å²) < 4.78 is 79.8. The number of aryl methyl sites for hydroxylation is 1. The summed E-state index contributed by atoms with van der Waals surface area (Å²) in [5, 5.41) is 4.10. The highest BCUT2D eigenvalue weighted by atomic mass is 32.2. The van der Waals surface area contributed by atoms with E-state index in [-0.39, 0.29) is 48.6 Å². The van der Waals surface area contributed by atoms with Crippen LogP contribution in [-0.2, 0) is 25.8 Å². The van der Waals surface area contributed by atoms with Gasteiger partial charge in [-0.1, -0.05) is 12.2 Å². The van der Waals surface area contributed by atoms with Gasteiger partial charge in [0.15, 0.2) is 16.5 Å². The second-order valence-electron chi connectivity index (χ2n) is 14.9.